The first-order chi connectivity index (χ1) is 7.16. The average Bonchev–Trinajstić information content (AvgIpc) is 2.62. The van der Waals surface area contributed by atoms with Crippen LogP contribution in [0, 0.1) is 5.82 Å². The number of ether oxygens (including phenoxy) is 2. The molecule has 1 aromatic carbocycles. The van der Waals surface area contributed by atoms with Crippen LogP contribution in [0.5, 0.6) is 0 Å². The van der Waals surface area contributed by atoms with Crippen molar-refractivity contribution in [3.8, 4) is 0 Å². The van der Waals surface area contributed by atoms with Crippen LogP contribution >= 0.6 is 0 Å². The van der Waals surface area contributed by atoms with Crippen LogP contribution in [0.25, 0.3) is 0 Å². The number of rotatable bonds is 2. The predicted molar refractivity (Wildman–Crippen MR) is 50.7 cm³/mol. The molecule has 2 rings (SSSR count). The summed E-state index contributed by atoms with van der Waals surface area (Å²) in [6, 6.07) is 5.68. The molecule has 0 aromatic heterocycles. The van der Waals surface area contributed by atoms with E-state index in [0.29, 0.717) is 5.56 Å². The first-order valence-corrected chi connectivity index (χ1v) is 4.42. The smallest absolute Gasteiger partial charge is 0.429 e. The van der Waals surface area contributed by atoms with E-state index in [0.717, 1.165) is 0 Å². The lowest BCUT2D eigenvalue weighted by atomic mass is 9.95. The highest BCUT2D eigenvalue weighted by Crippen LogP contribution is 2.32. The molecule has 0 bridgehead atoms. The summed E-state index contributed by atoms with van der Waals surface area (Å²) < 4.78 is 22.5. The Morgan fingerprint density at radius 1 is 1.40 bits per heavy atom. The average molecular weight is 208 g/mol. The summed E-state index contributed by atoms with van der Waals surface area (Å²) in [5.74, 6) is -0.344. The monoisotopic (exact) mass is 208 g/mol. The number of carbonyl (C=O) groups excluding carboxylic acids is 1. The van der Waals surface area contributed by atoms with Crippen molar-refractivity contribution in [3.05, 3.63) is 48.3 Å². The Balaban J connectivity index is 2.38. The summed E-state index contributed by atoms with van der Waals surface area (Å²) in [5, 5.41) is 0. The molecule has 3 nitrogen and oxygen atoms in total. The minimum atomic E-state index is -0.981. The molecule has 1 unspecified atom stereocenters. The number of cyclic esters (lactones) is 2. The third-order valence-electron chi connectivity index (χ3n) is 2.33. The molecule has 4 heteroatoms. The van der Waals surface area contributed by atoms with E-state index in [4.69, 9.17) is 9.47 Å². The van der Waals surface area contributed by atoms with Crippen molar-refractivity contribution in [1.82, 2.24) is 0 Å². The van der Waals surface area contributed by atoms with E-state index in [9.17, 15) is 9.18 Å². The molecule has 1 heterocycles. The van der Waals surface area contributed by atoms with Gasteiger partial charge in [0.2, 0.25) is 0 Å². The Morgan fingerprint density at radius 3 is 2.53 bits per heavy atom. The van der Waals surface area contributed by atoms with E-state index in [1.165, 1.54) is 18.2 Å². The fourth-order valence-corrected chi connectivity index (χ4v) is 1.47. The largest absolute Gasteiger partial charge is 0.509 e. The molecule has 1 saturated heterocycles. The summed E-state index contributed by atoms with van der Waals surface area (Å²) in [6.45, 7) is 3.67. The molecule has 1 fully saturated rings. The van der Waals surface area contributed by atoms with Crippen molar-refractivity contribution in [1.29, 1.82) is 0 Å². The highest BCUT2D eigenvalue weighted by molar-refractivity contribution is 5.64. The van der Waals surface area contributed by atoms with Crippen LogP contribution in [-0.4, -0.2) is 12.8 Å². The van der Waals surface area contributed by atoms with Crippen LogP contribution in [0.1, 0.15) is 5.56 Å². The first kappa shape index (κ1) is 9.71. The lowest BCUT2D eigenvalue weighted by molar-refractivity contribution is 0.0887. The number of hydrogen-bond donors (Lipinski definition) is 0. The summed E-state index contributed by atoms with van der Waals surface area (Å²) in [7, 11) is 0. The van der Waals surface area contributed by atoms with Gasteiger partial charge >= 0.3 is 6.16 Å². The van der Waals surface area contributed by atoms with Gasteiger partial charge in [0.15, 0.2) is 5.60 Å². The number of halogens is 1. The Morgan fingerprint density at radius 2 is 2.07 bits per heavy atom. The van der Waals surface area contributed by atoms with Gasteiger partial charge in [-0.3, -0.25) is 0 Å². The van der Waals surface area contributed by atoms with Crippen molar-refractivity contribution in [2.24, 2.45) is 0 Å². The predicted octanol–water partition coefficient (Wildman–Crippen LogP) is 2.37. The molecule has 78 valence electrons. The van der Waals surface area contributed by atoms with Gasteiger partial charge in [-0.25, -0.2) is 9.18 Å². The van der Waals surface area contributed by atoms with Gasteiger partial charge in [0, 0.05) is 5.56 Å². The number of benzene rings is 1. The second-order valence-corrected chi connectivity index (χ2v) is 3.24. The quantitative estimate of drug-likeness (QED) is 0.553. The molecule has 0 N–H and O–H groups in total. The standard InChI is InChI=1S/C11H9FO3/c1-2-11(7-14-10(13)15-11)8-3-5-9(12)6-4-8/h2-6H,1,7H2. The Bertz CT molecular complexity index is 399. The molecule has 1 aromatic rings. The van der Waals surface area contributed by atoms with Crippen LogP contribution in [0.2, 0.25) is 0 Å². The van der Waals surface area contributed by atoms with Gasteiger partial charge in [-0.15, -0.1) is 0 Å². The molecular weight excluding hydrogens is 199 g/mol. The normalized spacial score (nSPS) is 24.5. The second kappa shape index (κ2) is 3.38. The summed E-state index contributed by atoms with van der Waals surface area (Å²) in [4.78, 5) is 10.9. The van der Waals surface area contributed by atoms with Crippen LogP contribution < -0.4 is 0 Å². The van der Waals surface area contributed by atoms with Crippen LogP contribution in [-0.2, 0) is 15.1 Å². The molecule has 15 heavy (non-hydrogen) atoms. The van der Waals surface area contributed by atoms with E-state index in [1.54, 1.807) is 12.1 Å². The van der Waals surface area contributed by atoms with E-state index >= 15 is 0 Å². The van der Waals surface area contributed by atoms with Crippen LogP contribution in [0.3, 0.4) is 0 Å². The fraction of sp³-hybridized carbons (Fsp3) is 0.182. The maximum Gasteiger partial charge on any atom is 0.509 e. The summed E-state index contributed by atoms with van der Waals surface area (Å²) in [5.41, 5.74) is -0.338. The van der Waals surface area contributed by atoms with E-state index < -0.39 is 11.8 Å². The maximum absolute atomic E-state index is 12.7. The van der Waals surface area contributed by atoms with Gasteiger partial charge in [0.1, 0.15) is 12.4 Å². The topological polar surface area (TPSA) is 35.5 Å². The maximum atomic E-state index is 12.7. The first-order valence-electron chi connectivity index (χ1n) is 4.42. The van der Waals surface area contributed by atoms with Gasteiger partial charge < -0.3 is 9.47 Å². The molecule has 1 aliphatic heterocycles. The zero-order valence-electron chi connectivity index (χ0n) is 7.90. The molecule has 0 aliphatic carbocycles. The van der Waals surface area contributed by atoms with Gasteiger partial charge in [0.05, 0.1) is 0 Å². The Hall–Kier alpha value is -1.84. The van der Waals surface area contributed by atoms with E-state index in [2.05, 4.69) is 6.58 Å². The molecule has 0 amide bonds. The minimum Gasteiger partial charge on any atom is -0.429 e. The van der Waals surface area contributed by atoms with Crippen molar-refractivity contribution >= 4 is 6.16 Å². The minimum absolute atomic E-state index is 0.0704. The third-order valence-corrected chi connectivity index (χ3v) is 2.33. The molecule has 0 spiro atoms. The van der Waals surface area contributed by atoms with Gasteiger partial charge in [-0.2, -0.15) is 0 Å². The Kier molecular flexibility index (Phi) is 2.19. The zero-order valence-corrected chi connectivity index (χ0v) is 7.90. The van der Waals surface area contributed by atoms with Crippen LogP contribution in [0.15, 0.2) is 36.9 Å². The lowest BCUT2D eigenvalue weighted by Crippen LogP contribution is -2.25. The molecule has 0 radical (unpaired) electrons. The van der Waals surface area contributed by atoms with Crippen molar-refractivity contribution < 1.29 is 18.7 Å². The molecular formula is C11H9FO3. The highest BCUT2D eigenvalue weighted by atomic mass is 19.1. The summed E-state index contributed by atoms with van der Waals surface area (Å²) >= 11 is 0. The van der Waals surface area contributed by atoms with Crippen molar-refractivity contribution in [2.45, 2.75) is 5.60 Å². The van der Waals surface area contributed by atoms with E-state index in [1.807, 2.05) is 0 Å². The van der Waals surface area contributed by atoms with Gasteiger partial charge in [0.25, 0.3) is 0 Å². The van der Waals surface area contributed by atoms with E-state index in [-0.39, 0.29) is 12.4 Å². The third kappa shape index (κ3) is 1.58. The number of hydrogen-bond acceptors (Lipinski definition) is 3. The zero-order chi connectivity index (χ0) is 10.9. The van der Waals surface area contributed by atoms with Crippen molar-refractivity contribution in [2.75, 3.05) is 6.61 Å². The highest BCUT2D eigenvalue weighted by Gasteiger charge is 2.41. The Labute approximate surface area is 86.1 Å². The number of carbonyl (C=O) groups is 1. The van der Waals surface area contributed by atoms with Gasteiger partial charge in [-0.1, -0.05) is 18.7 Å². The SMILES string of the molecule is C=CC1(c2ccc(F)cc2)COC(=O)O1. The molecule has 1 atom stereocenters. The van der Waals surface area contributed by atoms with Crippen molar-refractivity contribution in [3.63, 3.8) is 0 Å². The molecule has 1 aliphatic rings. The fourth-order valence-electron chi connectivity index (χ4n) is 1.47. The molecule has 0 saturated carbocycles. The van der Waals surface area contributed by atoms with Gasteiger partial charge in [-0.05, 0) is 18.2 Å². The lowest BCUT2D eigenvalue weighted by Gasteiger charge is -2.20. The second-order valence-electron chi connectivity index (χ2n) is 3.24. The van der Waals surface area contributed by atoms with Crippen LogP contribution in [0.4, 0.5) is 9.18 Å². The summed E-state index contributed by atoms with van der Waals surface area (Å²) in [6.07, 6.45) is 0.740.